The quantitative estimate of drug-likeness (QED) is 0.362. The lowest BCUT2D eigenvalue weighted by atomic mass is 10.1. The molecular weight excluding hydrogens is 541 g/mol. The Bertz CT molecular complexity index is 1320. The zero-order valence-corrected chi connectivity index (χ0v) is 21.0. The Kier molecular flexibility index (Phi) is 7.07. The number of amides is 3. The molecule has 1 heterocycles. The van der Waals surface area contributed by atoms with Crippen molar-refractivity contribution in [3.8, 4) is 0 Å². The van der Waals surface area contributed by atoms with Crippen molar-refractivity contribution in [1.82, 2.24) is 0 Å². The molecule has 9 heteroatoms. The van der Waals surface area contributed by atoms with Crippen molar-refractivity contribution >= 4 is 73.9 Å². The third-order valence-corrected chi connectivity index (χ3v) is 6.44. The molecule has 3 aromatic carbocycles. The summed E-state index contributed by atoms with van der Waals surface area (Å²) >= 11 is 15.7. The summed E-state index contributed by atoms with van der Waals surface area (Å²) in [6.07, 6.45) is 0.180. The highest BCUT2D eigenvalue weighted by Gasteiger charge is 2.39. The fourth-order valence-electron chi connectivity index (χ4n) is 3.34. The van der Waals surface area contributed by atoms with E-state index in [4.69, 9.17) is 23.2 Å². The van der Waals surface area contributed by atoms with E-state index in [2.05, 4.69) is 26.6 Å². The normalized spacial score (nSPS) is 13.5. The molecule has 0 unspecified atom stereocenters. The van der Waals surface area contributed by atoms with Crippen LogP contribution in [0.1, 0.15) is 11.1 Å². The molecule has 0 saturated carbocycles. The van der Waals surface area contributed by atoms with E-state index in [0.29, 0.717) is 22.1 Å². The van der Waals surface area contributed by atoms with Gasteiger partial charge in [0, 0.05) is 20.9 Å². The van der Waals surface area contributed by atoms with E-state index in [0.717, 1.165) is 20.5 Å². The number of aryl methyl sites for hydroxylation is 1. The number of halogens is 3. The second-order valence-corrected chi connectivity index (χ2v) is 9.32. The third kappa shape index (κ3) is 5.17. The Morgan fingerprint density at radius 1 is 0.912 bits per heavy atom. The molecule has 0 fully saturated rings. The topological polar surface area (TPSA) is 78.5 Å². The van der Waals surface area contributed by atoms with Gasteiger partial charge in [-0.1, -0.05) is 57.3 Å². The van der Waals surface area contributed by atoms with Crippen molar-refractivity contribution in [1.29, 1.82) is 0 Å². The number of nitrogens with one attached hydrogen (secondary N) is 2. The minimum atomic E-state index is -0.629. The second-order valence-electron chi connectivity index (χ2n) is 7.62. The van der Waals surface area contributed by atoms with Gasteiger partial charge in [0.2, 0.25) is 5.91 Å². The second kappa shape index (κ2) is 10.0. The predicted molar refractivity (Wildman–Crippen MR) is 138 cm³/mol. The van der Waals surface area contributed by atoms with Crippen LogP contribution in [0.5, 0.6) is 0 Å². The molecule has 0 bridgehead atoms. The average molecular weight is 559 g/mol. The van der Waals surface area contributed by atoms with Crippen molar-refractivity contribution in [3.63, 3.8) is 0 Å². The molecule has 172 valence electrons. The number of nitrogens with zero attached hydrogens (tertiary/aromatic N) is 1. The number of carbonyl (C=O) groups excluding carboxylic acids is 3. The minimum Gasteiger partial charge on any atom is -0.350 e. The van der Waals surface area contributed by atoms with E-state index in [1.807, 2.05) is 19.1 Å². The van der Waals surface area contributed by atoms with Crippen LogP contribution in [-0.4, -0.2) is 17.7 Å². The Morgan fingerprint density at radius 2 is 1.56 bits per heavy atom. The number of benzene rings is 3. The molecule has 1 aliphatic heterocycles. The molecule has 3 amide bonds. The fourth-order valence-corrected chi connectivity index (χ4v) is 3.99. The molecule has 4 rings (SSSR count). The van der Waals surface area contributed by atoms with Crippen LogP contribution < -0.4 is 15.5 Å². The Morgan fingerprint density at radius 3 is 2.21 bits per heavy atom. The van der Waals surface area contributed by atoms with Crippen molar-refractivity contribution in [2.24, 2.45) is 0 Å². The van der Waals surface area contributed by atoms with Gasteiger partial charge in [-0.15, -0.1) is 0 Å². The molecule has 1 aliphatic rings. The lowest BCUT2D eigenvalue weighted by Crippen LogP contribution is -2.32. The summed E-state index contributed by atoms with van der Waals surface area (Å²) in [6.45, 7) is 1.83. The number of rotatable bonds is 6. The number of anilines is 3. The summed E-state index contributed by atoms with van der Waals surface area (Å²) in [5.74, 6) is -1.36. The SMILES string of the molecule is Cc1ccc(N2C(=O)C(Cl)=C(Nc3ccc(CC(=O)Nc4ccc(Br)cc4)cc3)C2=O)cc1Cl. The molecule has 0 saturated heterocycles. The standard InChI is InChI=1S/C25H18BrCl2N3O3/c1-14-2-11-19(13-20(14)27)31-24(33)22(28)23(25(31)34)30-18-7-3-15(4-8-18)12-21(32)29-17-9-5-16(26)6-10-17/h2-11,13,30H,12H2,1H3,(H,29,32). The first-order chi connectivity index (χ1) is 16.2. The minimum absolute atomic E-state index is 0.0240. The van der Waals surface area contributed by atoms with Gasteiger partial charge in [0.1, 0.15) is 10.7 Å². The van der Waals surface area contributed by atoms with E-state index in [1.54, 1.807) is 54.6 Å². The lowest BCUT2D eigenvalue weighted by Gasteiger charge is -2.16. The first-order valence-corrected chi connectivity index (χ1v) is 11.7. The maximum atomic E-state index is 12.9. The van der Waals surface area contributed by atoms with Gasteiger partial charge in [-0.05, 0) is 66.6 Å². The molecule has 0 aliphatic carbocycles. The molecule has 6 nitrogen and oxygen atoms in total. The first-order valence-electron chi connectivity index (χ1n) is 10.2. The van der Waals surface area contributed by atoms with Gasteiger partial charge in [0.15, 0.2) is 0 Å². The molecule has 2 N–H and O–H groups in total. The first kappa shape index (κ1) is 24.0. The molecule has 3 aromatic rings. The van der Waals surface area contributed by atoms with Crippen molar-refractivity contribution in [2.45, 2.75) is 13.3 Å². The monoisotopic (exact) mass is 557 g/mol. The number of hydrogen-bond donors (Lipinski definition) is 2. The summed E-state index contributed by atoms with van der Waals surface area (Å²) < 4.78 is 0.928. The van der Waals surface area contributed by atoms with Gasteiger partial charge < -0.3 is 10.6 Å². The van der Waals surface area contributed by atoms with Gasteiger partial charge in [0.25, 0.3) is 11.8 Å². The van der Waals surface area contributed by atoms with Gasteiger partial charge in [-0.2, -0.15) is 0 Å². The summed E-state index contributed by atoms with van der Waals surface area (Å²) in [4.78, 5) is 38.9. The molecule has 0 aromatic heterocycles. The highest BCUT2D eigenvalue weighted by atomic mass is 79.9. The van der Waals surface area contributed by atoms with Crippen LogP contribution in [0.4, 0.5) is 17.1 Å². The Labute approximate surface area is 214 Å². The number of hydrogen-bond acceptors (Lipinski definition) is 4. The summed E-state index contributed by atoms with van der Waals surface area (Å²) in [6, 6.07) is 19.2. The third-order valence-electron chi connectivity index (χ3n) is 5.16. The van der Waals surface area contributed by atoms with Gasteiger partial charge >= 0.3 is 0 Å². The van der Waals surface area contributed by atoms with Crippen molar-refractivity contribution in [2.75, 3.05) is 15.5 Å². The van der Waals surface area contributed by atoms with Crippen LogP contribution in [0.15, 0.2) is 81.9 Å². The fraction of sp³-hybridized carbons (Fsp3) is 0.0800. The van der Waals surface area contributed by atoms with E-state index in [-0.39, 0.29) is 23.1 Å². The van der Waals surface area contributed by atoms with E-state index >= 15 is 0 Å². The average Bonchev–Trinajstić information content (AvgIpc) is 3.01. The van der Waals surface area contributed by atoms with E-state index < -0.39 is 11.8 Å². The zero-order chi connectivity index (χ0) is 24.4. The molecule has 34 heavy (non-hydrogen) atoms. The van der Waals surface area contributed by atoms with Gasteiger partial charge in [-0.25, -0.2) is 4.90 Å². The van der Waals surface area contributed by atoms with Gasteiger partial charge in [0.05, 0.1) is 12.1 Å². The van der Waals surface area contributed by atoms with E-state index in [9.17, 15) is 14.4 Å². The number of carbonyl (C=O) groups is 3. The summed E-state index contributed by atoms with van der Waals surface area (Å²) in [5, 5.41) is 5.99. The Balaban J connectivity index is 1.42. The summed E-state index contributed by atoms with van der Waals surface area (Å²) in [7, 11) is 0. The van der Waals surface area contributed by atoms with Crippen LogP contribution in [0.25, 0.3) is 0 Å². The maximum Gasteiger partial charge on any atom is 0.283 e. The predicted octanol–water partition coefficient (Wildman–Crippen LogP) is 6.03. The smallest absolute Gasteiger partial charge is 0.283 e. The van der Waals surface area contributed by atoms with Gasteiger partial charge in [-0.3, -0.25) is 14.4 Å². The van der Waals surface area contributed by atoms with Crippen LogP contribution in [0.2, 0.25) is 5.02 Å². The summed E-state index contributed by atoms with van der Waals surface area (Å²) in [5.41, 5.74) is 3.18. The van der Waals surface area contributed by atoms with Crippen LogP contribution in [0.3, 0.4) is 0 Å². The lowest BCUT2D eigenvalue weighted by molar-refractivity contribution is -0.120. The molecular formula is C25H18BrCl2N3O3. The van der Waals surface area contributed by atoms with Crippen molar-refractivity contribution < 1.29 is 14.4 Å². The highest BCUT2D eigenvalue weighted by Crippen LogP contribution is 2.32. The zero-order valence-electron chi connectivity index (χ0n) is 17.9. The van der Waals surface area contributed by atoms with Crippen LogP contribution in [0, 0.1) is 6.92 Å². The van der Waals surface area contributed by atoms with E-state index in [1.165, 1.54) is 0 Å². The maximum absolute atomic E-state index is 12.9. The Hall–Kier alpha value is -3.13. The van der Waals surface area contributed by atoms with Crippen molar-refractivity contribution in [3.05, 3.63) is 98.1 Å². The largest absolute Gasteiger partial charge is 0.350 e. The molecule has 0 spiro atoms. The molecule has 0 atom stereocenters. The number of imide groups is 1. The highest BCUT2D eigenvalue weighted by molar-refractivity contribution is 9.10. The molecule has 0 radical (unpaired) electrons. The van der Waals surface area contributed by atoms with Crippen LogP contribution in [-0.2, 0) is 20.8 Å². The van der Waals surface area contributed by atoms with Crippen LogP contribution >= 0.6 is 39.1 Å².